The van der Waals surface area contributed by atoms with E-state index in [4.69, 9.17) is 25.7 Å². The average Bonchev–Trinajstić information content (AvgIpc) is 1.65. The van der Waals surface area contributed by atoms with Crippen LogP contribution in [0.4, 0.5) is 11.4 Å². The Morgan fingerprint density at radius 2 is 0.832 bits per heavy atom. The van der Waals surface area contributed by atoms with E-state index in [1.165, 1.54) is 4.90 Å². The highest BCUT2D eigenvalue weighted by Gasteiger charge is 2.48. The van der Waals surface area contributed by atoms with E-state index in [1.54, 1.807) is 65.6 Å². The molecule has 137 heavy (non-hydrogen) atoms. The number of likely N-dealkylation sites (tertiary alicyclic amines) is 4. The van der Waals surface area contributed by atoms with Gasteiger partial charge in [0.1, 0.15) is 47.2 Å². The van der Waals surface area contributed by atoms with Gasteiger partial charge in [-0.05, 0) is 241 Å². The van der Waals surface area contributed by atoms with Crippen LogP contribution in [0.2, 0.25) is 0 Å². The highest BCUT2D eigenvalue weighted by molar-refractivity contribution is 6.09. The number of aromatic nitrogens is 10. The maximum Gasteiger partial charge on any atom is 0.251 e. The van der Waals surface area contributed by atoms with Crippen molar-refractivity contribution in [3.05, 3.63) is 238 Å². The summed E-state index contributed by atoms with van der Waals surface area (Å²) in [5, 5.41) is 26.0. The Labute approximate surface area is 793 Å². The van der Waals surface area contributed by atoms with Crippen molar-refractivity contribution in [3.63, 3.8) is 0 Å². The van der Waals surface area contributed by atoms with Crippen LogP contribution < -0.4 is 21.7 Å². The third-order valence-electron chi connectivity index (χ3n) is 26.8. The van der Waals surface area contributed by atoms with E-state index in [0.717, 1.165) is 126 Å². The van der Waals surface area contributed by atoms with Gasteiger partial charge in [-0.15, -0.1) is 10.2 Å². The van der Waals surface area contributed by atoms with Crippen molar-refractivity contribution in [2.45, 2.75) is 160 Å². The number of nitrogens with one attached hydrogen (secondary N) is 5. The fourth-order valence-corrected chi connectivity index (χ4v) is 19.5. The second-order valence-electron chi connectivity index (χ2n) is 37.0. The number of rotatable bonds is 37. The molecule has 6 aliphatic heterocycles. The summed E-state index contributed by atoms with van der Waals surface area (Å²) in [5.41, 5.74) is 26.2. The van der Waals surface area contributed by atoms with E-state index in [2.05, 4.69) is 106 Å². The van der Waals surface area contributed by atoms with Crippen molar-refractivity contribution in [3.8, 4) is 45.0 Å². The summed E-state index contributed by atoms with van der Waals surface area (Å²) < 4.78 is 3.32. The molecule has 33 nitrogen and oxygen atoms in total. The zero-order valence-corrected chi connectivity index (χ0v) is 77.6. The van der Waals surface area contributed by atoms with Gasteiger partial charge in [0.15, 0.2) is 5.78 Å². The molecule has 33 heteroatoms. The Morgan fingerprint density at radius 1 is 0.416 bits per heavy atom. The van der Waals surface area contributed by atoms with Crippen LogP contribution in [0.15, 0.2) is 192 Å². The fourth-order valence-electron chi connectivity index (χ4n) is 19.5. The van der Waals surface area contributed by atoms with Gasteiger partial charge in [0, 0.05) is 118 Å². The van der Waals surface area contributed by atoms with Crippen LogP contribution in [0.3, 0.4) is 0 Å². The first-order chi connectivity index (χ1) is 66.5. The average molecular weight is 1850 g/mol. The number of hydrogen-bond donors (Lipinski definition) is 6. The molecular formula is C104H113N23O10. The van der Waals surface area contributed by atoms with E-state index < -0.39 is 36.0 Å². The number of imidazole rings is 2. The van der Waals surface area contributed by atoms with Gasteiger partial charge in [0.2, 0.25) is 35.4 Å². The Bertz CT molecular complexity index is 6630. The molecule has 8 aromatic carbocycles. The molecule has 0 saturated carbocycles. The summed E-state index contributed by atoms with van der Waals surface area (Å²) in [5.74, 6) is -1.30. The van der Waals surface area contributed by atoms with Gasteiger partial charge in [-0.1, -0.05) is 102 Å². The number of likely N-dealkylation sites (N-methyl/N-ethyl adjacent to an activating group) is 1. The lowest BCUT2D eigenvalue weighted by Crippen LogP contribution is -2.57. The lowest BCUT2D eigenvalue weighted by atomic mass is 9.98. The van der Waals surface area contributed by atoms with Gasteiger partial charge < -0.3 is 66.0 Å². The molecule has 4 saturated heterocycles. The largest absolute Gasteiger partial charge is 0.368 e. The van der Waals surface area contributed by atoms with Gasteiger partial charge in [-0.25, -0.2) is 9.97 Å². The van der Waals surface area contributed by atoms with Crippen molar-refractivity contribution in [1.29, 1.82) is 0 Å². The van der Waals surface area contributed by atoms with Gasteiger partial charge in [0.25, 0.3) is 17.7 Å². The molecule has 4 fully saturated rings. The number of benzene rings is 8. The SMILES string of the molecule is CN(C)CCCC(=O)c1ccc(-c2nc3ccc(-c4ccc5c(c4)CC(c4ccc(C(=O)NCc6cn(CCCN(CC(N)=O)C(=O)[C@@H]7CCCN7C(=O)[C@@H]7CCCN7C(=O)[C@@H]7CCCN7C(=O)[C@@H]7CCCN7C(=O)CCCCCn7cc(CNC(=O)c8ccc(-c9nc%10ccc(-c%11ccc%12c(c%11)CC(c%11ccc(C(=O)NCCN(C)C)cc%11)=N%12)cc%10[nH]9)cc8)nn7)nn6)cc4)=N5)cc3[nH]2)cc1. The number of H-pyrrole nitrogens is 2. The van der Waals surface area contributed by atoms with Gasteiger partial charge >= 0.3 is 0 Å². The standard InChI is InChI=1S/C104H113N23O10/c1-119(2)45-12-18-93(128)67-24-26-68(27-25-67)96-111-83-42-38-75(56-87(83)113-96)73-37-41-82-78(55-73)59-86(110-82)66-22-32-71(33-23-66)99(132)107-61-80-63-123(118-116-80)48-13-46-121(64-94(105)129)101(134)89-14-9-50-125(89)103(136)91-16-11-52-127(91)104(137)92-17-10-51-126(92)102(135)90-15-8-49-124(90)95(130)19-6-5-7-47-122-62-79(115-117-122)60-108-100(133)72-34-28-69(29-35-72)97-112-84-43-39-76(57-88(84)114-97)74-36-40-81-77(54-74)58-85(109-81)65-20-30-70(31-21-65)98(131)106-44-53-120(3)4/h20-43,54-57,62-63,89-92H,5-19,44-53,58-61,64H2,1-4H3,(H2,105,129)(H,106,131)(H,107,132)(H,108,133)(H,111,113)(H,112,114)/t89-,90-,91-,92-/m0/s1. The van der Waals surface area contributed by atoms with Crippen LogP contribution in [-0.4, -0.2) is 266 Å². The number of aromatic amines is 2. The Balaban J connectivity index is 0.402. The maximum atomic E-state index is 14.8. The zero-order valence-electron chi connectivity index (χ0n) is 77.6. The van der Waals surface area contributed by atoms with E-state index in [-0.39, 0.29) is 86.3 Å². The minimum atomic E-state index is -0.886. The normalized spacial score (nSPS) is 16.7. The molecule has 9 amide bonds. The third kappa shape index (κ3) is 21.4. The smallest absolute Gasteiger partial charge is 0.251 e. The lowest BCUT2D eigenvalue weighted by Gasteiger charge is -2.36. The summed E-state index contributed by atoms with van der Waals surface area (Å²) >= 11 is 0. The van der Waals surface area contributed by atoms with Gasteiger partial charge in [-0.3, -0.25) is 67.3 Å². The number of primary amides is 1. The topological polar surface area (TPSA) is 399 Å². The number of fused-ring (bicyclic) bond motifs is 4. The zero-order chi connectivity index (χ0) is 94.9. The fraction of sp³-hybridized carbons (Fsp3) is 0.365. The molecule has 704 valence electrons. The second kappa shape index (κ2) is 41.5. The summed E-state index contributed by atoms with van der Waals surface area (Å²) in [4.78, 5) is 176. The molecule has 4 atom stereocenters. The molecule has 0 aliphatic carbocycles. The van der Waals surface area contributed by atoms with Crippen LogP contribution in [0.25, 0.3) is 67.1 Å². The third-order valence-corrected chi connectivity index (χ3v) is 26.8. The van der Waals surface area contributed by atoms with Crippen molar-refractivity contribution >= 4 is 104 Å². The number of ketones is 1. The molecule has 0 unspecified atom stereocenters. The van der Waals surface area contributed by atoms with Crippen LogP contribution in [-0.2, 0) is 67.8 Å². The number of carbonyl (C=O) groups excluding carboxylic acids is 10. The predicted molar refractivity (Wildman–Crippen MR) is 520 cm³/mol. The number of Topliss-reactive ketones (excluding diaryl/α,β-unsaturated/α-hetero) is 1. The molecule has 0 radical (unpaired) electrons. The van der Waals surface area contributed by atoms with Gasteiger partial charge in [-0.2, -0.15) is 0 Å². The first kappa shape index (κ1) is 92.6. The number of aryl methyl sites for hydroxylation is 2. The van der Waals surface area contributed by atoms with E-state index >= 15 is 0 Å². The number of hydrogen-bond acceptors (Lipinski definition) is 20. The number of nitrogens with two attached hydrogens (primary N) is 1. The molecule has 7 N–H and O–H groups in total. The first-order valence-electron chi connectivity index (χ1n) is 47.6. The number of nitrogens with zero attached hydrogens (tertiary/aromatic N) is 17. The van der Waals surface area contributed by atoms with Crippen molar-refractivity contribution in [2.24, 2.45) is 15.7 Å². The molecule has 10 heterocycles. The number of amides is 9. The number of carbonyl (C=O) groups is 10. The minimum Gasteiger partial charge on any atom is -0.368 e. The highest BCUT2D eigenvalue weighted by atomic mass is 16.2. The van der Waals surface area contributed by atoms with Crippen LogP contribution in [0, 0.1) is 0 Å². The van der Waals surface area contributed by atoms with Crippen molar-refractivity contribution < 1.29 is 47.9 Å². The maximum absolute atomic E-state index is 14.8. The lowest BCUT2D eigenvalue weighted by molar-refractivity contribution is -0.153. The molecule has 12 aromatic rings. The molecule has 18 rings (SSSR count). The van der Waals surface area contributed by atoms with E-state index in [9.17, 15) is 47.9 Å². The Hall–Kier alpha value is -14.9. The summed E-state index contributed by atoms with van der Waals surface area (Å²) in [7, 11) is 7.95. The monoisotopic (exact) mass is 1840 g/mol. The van der Waals surface area contributed by atoms with Crippen molar-refractivity contribution in [2.75, 3.05) is 87.1 Å². The molecule has 0 spiro atoms. The number of aliphatic imine (C=N–C) groups is 2. The summed E-state index contributed by atoms with van der Waals surface area (Å²) in [6, 6.07) is 51.5. The number of unbranched alkanes of at least 4 members (excludes halogenated alkanes) is 2. The summed E-state index contributed by atoms with van der Waals surface area (Å²) in [6.45, 7) is 4.45. The van der Waals surface area contributed by atoms with Crippen LogP contribution in [0.1, 0.15) is 171 Å². The highest BCUT2D eigenvalue weighted by Crippen LogP contribution is 2.39. The second-order valence-corrected chi connectivity index (χ2v) is 37.0. The van der Waals surface area contributed by atoms with E-state index in [1.807, 2.05) is 124 Å². The minimum absolute atomic E-state index is 0.0960. The Kier molecular flexibility index (Phi) is 28.1. The van der Waals surface area contributed by atoms with Gasteiger partial charge in [0.05, 0.1) is 76.9 Å². The predicted octanol–water partition coefficient (Wildman–Crippen LogP) is 11.2. The van der Waals surface area contributed by atoms with Crippen LogP contribution in [0.5, 0.6) is 0 Å². The molecule has 4 aromatic heterocycles. The van der Waals surface area contributed by atoms with Crippen molar-refractivity contribution in [1.82, 2.24) is 100 Å². The molecule has 0 bridgehead atoms. The summed E-state index contributed by atoms with van der Waals surface area (Å²) in [6.07, 6.45) is 12.7. The molecule has 6 aliphatic rings. The van der Waals surface area contributed by atoms with E-state index in [0.29, 0.717) is 175 Å². The van der Waals surface area contributed by atoms with Crippen LogP contribution >= 0.6 is 0 Å². The molecular weight excluding hydrogens is 1730 g/mol. The quantitative estimate of drug-likeness (QED) is 0.0156. The Morgan fingerprint density at radius 3 is 1.31 bits per heavy atom. The first-order valence-corrected chi connectivity index (χ1v) is 47.6.